The lowest BCUT2D eigenvalue weighted by molar-refractivity contribution is 0.0508. The van der Waals surface area contributed by atoms with Crippen LogP contribution in [0.3, 0.4) is 0 Å². The van der Waals surface area contributed by atoms with Crippen LogP contribution in [-0.2, 0) is 9.47 Å². The van der Waals surface area contributed by atoms with Gasteiger partial charge in [-0.25, -0.2) is 9.59 Å². The first kappa shape index (κ1) is 18.3. The highest BCUT2D eigenvalue weighted by atomic mass is 16.6. The number of carbonyl (C=O) groups is 2. The fourth-order valence-corrected chi connectivity index (χ4v) is 2.16. The highest BCUT2D eigenvalue weighted by Crippen LogP contribution is 2.10. The first-order valence-electron chi connectivity index (χ1n) is 8.19. The molecule has 0 aliphatic carbocycles. The van der Waals surface area contributed by atoms with Crippen molar-refractivity contribution < 1.29 is 19.1 Å². The fraction of sp³-hybridized carbons (Fsp3) is 0.263. The second kappa shape index (κ2) is 9.97. The maximum atomic E-state index is 11.9. The number of rotatable bonds is 7. The van der Waals surface area contributed by atoms with Crippen molar-refractivity contribution in [1.82, 2.24) is 0 Å². The largest absolute Gasteiger partial charge is 0.445 e. The molecule has 2 aromatic rings. The summed E-state index contributed by atoms with van der Waals surface area (Å²) in [5, 5.41) is 5.26. The number of hydrogen-bond donors (Lipinski definition) is 2. The lowest BCUT2D eigenvalue weighted by atomic mass is 10.2. The zero-order valence-electron chi connectivity index (χ0n) is 14.1. The van der Waals surface area contributed by atoms with Gasteiger partial charge in [-0.05, 0) is 30.7 Å². The van der Waals surface area contributed by atoms with Crippen molar-refractivity contribution in [3.05, 3.63) is 60.7 Å². The molecule has 0 unspecified atom stereocenters. The molecule has 0 fully saturated rings. The van der Waals surface area contributed by atoms with E-state index in [-0.39, 0.29) is 6.61 Å². The molecule has 2 rings (SSSR count). The Hall–Kier alpha value is -3.02. The zero-order valence-corrected chi connectivity index (χ0v) is 14.1. The Morgan fingerprint density at radius 3 is 1.92 bits per heavy atom. The van der Waals surface area contributed by atoms with Crippen molar-refractivity contribution >= 4 is 23.6 Å². The molecular weight excluding hydrogens is 320 g/mol. The van der Waals surface area contributed by atoms with E-state index in [0.29, 0.717) is 17.8 Å². The van der Waals surface area contributed by atoms with E-state index in [1.165, 1.54) is 0 Å². The summed E-state index contributed by atoms with van der Waals surface area (Å²) in [6, 6.07) is 18.0. The van der Waals surface area contributed by atoms with E-state index in [9.17, 15) is 9.59 Å². The quantitative estimate of drug-likeness (QED) is 0.768. The van der Waals surface area contributed by atoms with Crippen LogP contribution in [0.1, 0.15) is 19.8 Å². The summed E-state index contributed by atoms with van der Waals surface area (Å²) in [5.41, 5.74) is 1.28. The smallest absolute Gasteiger partial charge is 0.412 e. The number of amides is 2. The molecule has 2 N–H and O–H groups in total. The Kier molecular flexibility index (Phi) is 7.31. The summed E-state index contributed by atoms with van der Waals surface area (Å²) >= 11 is 0. The molecule has 0 saturated carbocycles. The lowest BCUT2D eigenvalue weighted by Crippen LogP contribution is -2.28. The summed E-state index contributed by atoms with van der Waals surface area (Å²) < 4.78 is 10.5. The highest BCUT2D eigenvalue weighted by molar-refractivity contribution is 5.85. The van der Waals surface area contributed by atoms with Crippen molar-refractivity contribution in [2.75, 3.05) is 17.2 Å². The predicted molar refractivity (Wildman–Crippen MR) is 96.7 cm³/mol. The Morgan fingerprint density at radius 1 is 0.880 bits per heavy atom. The van der Waals surface area contributed by atoms with Crippen molar-refractivity contribution in [1.29, 1.82) is 0 Å². The Bertz CT molecular complexity index is 662. The molecule has 0 spiro atoms. The minimum atomic E-state index is -0.584. The number of benzene rings is 2. The maximum absolute atomic E-state index is 11.9. The van der Waals surface area contributed by atoms with E-state index < -0.39 is 18.3 Å². The second-order valence-electron chi connectivity index (χ2n) is 5.40. The van der Waals surface area contributed by atoms with E-state index in [1.54, 1.807) is 24.3 Å². The number of ether oxygens (including phenoxy) is 2. The predicted octanol–water partition coefficient (Wildman–Crippen LogP) is 4.65. The average Bonchev–Trinajstić information content (AvgIpc) is 2.61. The van der Waals surface area contributed by atoms with Gasteiger partial charge in [0.15, 0.2) is 0 Å². The van der Waals surface area contributed by atoms with Crippen molar-refractivity contribution in [2.24, 2.45) is 0 Å². The van der Waals surface area contributed by atoms with Gasteiger partial charge in [0.05, 0.1) is 0 Å². The first-order chi connectivity index (χ1) is 12.2. The van der Waals surface area contributed by atoms with Gasteiger partial charge in [0.25, 0.3) is 0 Å². The van der Waals surface area contributed by atoms with Crippen LogP contribution in [0.4, 0.5) is 21.0 Å². The molecule has 0 bridgehead atoms. The van der Waals surface area contributed by atoms with Gasteiger partial charge < -0.3 is 9.47 Å². The molecule has 0 heterocycles. The lowest BCUT2D eigenvalue weighted by Gasteiger charge is -2.18. The topological polar surface area (TPSA) is 76.7 Å². The monoisotopic (exact) mass is 342 g/mol. The van der Waals surface area contributed by atoms with Gasteiger partial charge in [0, 0.05) is 11.4 Å². The molecule has 2 aromatic carbocycles. The van der Waals surface area contributed by atoms with Gasteiger partial charge in [-0.3, -0.25) is 10.6 Å². The zero-order chi connectivity index (χ0) is 17.9. The van der Waals surface area contributed by atoms with E-state index in [2.05, 4.69) is 10.6 Å². The van der Waals surface area contributed by atoms with E-state index in [4.69, 9.17) is 9.47 Å². The van der Waals surface area contributed by atoms with Crippen LogP contribution in [0.15, 0.2) is 60.7 Å². The number of carbonyl (C=O) groups excluding carboxylic acids is 2. The van der Waals surface area contributed by atoms with Gasteiger partial charge in [0.1, 0.15) is 12.7 Å². The van der Waals surface area contributed by atoms with Crippen molar-refractivity contribution in [3.8, 4) is 0 Å². The second-order valence-corrected chi connectivity index (χ2v) is 5.40. The molecule has 2 amide bonds. The molecule has 1 atom stereocenters. The average molecular weight is 342 g/mol. The summed E-state index contributed by atoms with van der Waals surface area (Å²) in [4.78, 5) is 23.8. The molecule has 0 saturated heterocycles. The minimum absolute atomic E-state index is 0.00524. The van der Waals surface area contributed by atoms with Crippen molar-refractivity contribution in [2.45, 2.75) is 25.9 Å². The van der Waals surface area contributed by atoms with E-state index >= 15 is 0 Å². The molecule has 132 valence electrons. The third kappa shape index (κ3) is 6.95. The third-order valence-corrected chi connectivity index (χ3v) is 3.33. The van der Waals surface area contributed by atoms with Crippen LogP contribution in [-0.4, -0.2) is 24.9 Å². The Balaban J connectivity index is 1.79. The molecule has 6 nitrogen and oxygen atoms in total. The van der Waals surface area contributed by atoms with Gasteiger partial charge in [-0.1, -0.05) is 49.7 Å². The molecule has 0 radical (unpaired) electrons. The molecule has 25 heavy (non-hydrogen) atoms. The molecule has 0 aliphatic rings. The number of para-hydroxylation sites is 2. The maximum Gasteiger partial charge on any atom is 0.412 e. The molecule has 6 heteroatoms. The molecule has 0 aliphatic heterocycles. The van der Waals surface area contributed by atoms with E-state index in [1.807, 2.05) is 43.3 Å². The first-order valence-corrected chi connectivity index (χ1v) is 8.19. The Labute approximate surface area is 147 Å². The van der Waals surface area contributed by atoms with Crippen LogP contribution in [0.5, 0.6) is 0 Å². The van der Waals surface area contributed by atoms with Gasteiger partial charge in [0.2, 0.25) is 0 Å². The SMILES string of the molecule is CCC[C@@H](COC(=O)Nc1ccccc1)OC(=O)Nc1ccccc1. The third-order valence-electron chi connectivity index (χ3n) is 3.33. The number of nitrogens with one attached hydrogen (secondary N) is 2. The number of hydrogen-bond acceptors (Lipinski definition) is 4. The minimum Gasteiger partial charge on any atom is -0.445 e. The van der Waals surface area contributed by atoms with Crippen LogP contribution >= 0.6 is 0 Å². The standard InChI is InChI=1S/C19H22N2O4/c1-2-9-17(25-19(23)21-16-12-7-4-8-13-16)14-24-18(22)20-15-10-5-3-6-11-15/h3-8,10-13,17H,2,9,14H2,1H3,(H,20,22)(H,21,23)/t17-/m0/s1. The van der Waals surface area contributed by atoms with Gasteiger partial charge in [-0.2, -0.15) is 0 Å². The van der Waals surface area contributed by atoms with Crippen LogP contribution in [0, 0.1) is 0 Å². The fourth-order valence-electron chi connectivity index (χ4n) is 2.16. The molecule has 0 aromatic heterocycles. The van der Waals surface area contributed by atoms with Crippen LogP contribution in [0.2, 0.25) is 0 Å². The van der Waals surface area contributed by atoms with Crippen molar-refractivity contribution in [3.63, 3.8) is 0 Å². The van der Waals surface area contributed by atoms with Gasteiger partial charge in [-0.15, -0.1) is 0 Å². The Morgan fingerprint density at radius 2 is 1.40 bits per heavy atom. The number of anilines is 2. The molecular formula is C19H22N2O4. The van der Waals surface area contributed by atoms with Crippen LogP contribution < -0.4 is 10.6 Å². The van der Waals surface area contributed by atoms with Crippen LogP contribution in [0.25, 0.3) is 0 Å². The van der Waals surface area contributed by atoms with Gasteiger partial charge >= 0.3 is 12.2 Å². The van der Waals surface area contributed by atoms with E-state index in [0.717, 1.165) is 6.42 Å². The summed E-state index contributed by atoms with van der Waals surface area (Å²) in [7, 11) is 0. The normalized spacial score (nSPS) is 11.2. The summed E-state index contributed by atoms with van der Waals surface area (Å²) in [5.74, 6) is 0. The summed E-state index contributed by atoms with van der Waals surface area (Å²) in [6.45, 7) is 1.96. The highest BCUT2D eigenvalue weighted by Gasteiger charge is 2.16. The summed E-state index contributed by atoms with van der Waals surface area (Å²) in [6.07, 6.45) is -0.264.